The van der Waals surface area contributed by atoms with Crippen molar-refractivity contribution in [2.75, 3.05) is 6.61 Å². The van der Waals surface area contributed by atoms with Crippen molar-refractivity contribution in [3.63, 3.8) is 0 Å². The monoisotopic (exact) mass is 320 g/mol. The van der Waals surface area contributed by atoms with Crippen molar-refractivity contribution in [3.8, 4) is 0 Å². The van der Waals surface area contributed by atoms with Crippen LogP contribution in [0.2, 0.25) is 0 Å². The van der Waals surface area contributed by atoms with E-state index in [9.17, 15) is 4.79 Å². The zero-order valence-electron chi connectivity index (χ0n) is 14.6. The van der Waals surface area contributed by atoms with Gasteiger partial charge in [0, 0.05) is 0 Å². The maximum atomic E-state index is 11.4. The Hall–Kier alpha value is -1.51. The summed E-state index contributed by atoms with van der Waals surface area (Å²) in [5.41, 5.74) is 0.975. The predicted octanol–water partition coefficient (Wildman–Crippen LogP) is 6.26. The molecule has 0 unspecified atom stereocenters. The third-order valence-electron chi connectivity index (χ3n) is 3.92. The van der Waals surface area contributed by atoms with Gasteiger partial charge in [-0.25, -0.2) is 4.79 Å². The molecule has 0 spiro atoms. The van der Waals surface area contributed by atoms with Crippen LogP contribution in [0.15, 0.2) is 30.3 Å². The van der Waals surface area contributed by atoms with Gasteiger partial charge in [0.25, 0.3) is 0 Å². The zero-order valence-corrected chi connectivity index (χ0v) is 14.6. The van der Waals surface area contributed by atoms with E-state index in [4.69, 9.17) is 9.47 Å². The van der Waals surface area contributed by atoms with Crippen LogP contribution in [0.1, 0.15) is 76.7 Å². The quantitative estimate of drug-likeness (QED) is 0.318. The van der Waals surface area contributed by atoms with Crippen molar-refractivity contribution in [3.05, 3.63) is 35.9 Å². The molecule has 0 radical (unpaired) electrons. The molecule has 1 aromatic rings. The van der Waals surface area contributed by atoms with Gasteiger partial charge in [-0.2, -0.15) is 0 Å². The lowest BCUT2D eigenvalue weighted by Gasteiger charge is -2.06. The minimum absolute atomic E-state index is 0.276. The third kappa shape index (κ3) is 11.7. The summed E-state index contributed by atoms with van der Waals surface area (Å²) in [5.74, 6) is 0. The number of rotatable bonds is 13. The first kappa shape index (κ1) is 19.5. The largest absolute Gasteiger partial charge is 0.508 e. The van der Waals surface area contributed by atoms with Gasteiger partial charge in [0.1, 0.15) is 6.61 Å². The molecular formula is C20H32O3. The van der Waals surface area contributed by atoms with Gasteiger partial charge in [0.05, 0.1) is 6.61 Å². The molecule has 0 atom stereocenters. The molecule has 0 amide bonds. The highest BCUT2D eigenvalue weighted by Gasteiger charge is 2.03. The molecule has 0 aliphatic heterocycles. The number of ether oxygens (including phenoxy) is 2. The van der Waals surface area contributed by atoms with E-state index in [2.05, 4.69) is 6.92 Å². The fraction of sp³-hybridized carbons (Fsp3) is 0.650. The average molecular weight is 320 g/mol. The maximum absolute atomic E-state index is 11.4. The third-order valence-corrected chi connectivity index (χ3v) is 3.92. The van der Waals surface area contributed by atoms with Crippen molar-refractivity contribution in [1.29, 1.82) is 0 Å². The van der Waals surface area contributed by atoms with Gasteiger partial charge in [-0.15, -0.1) is 0 Å². The van der Waals surface area contributed by atoms with Gasteiger partial charge in [-0.05, 0) is 12.0 Å². The van der Waals surface area contributed by atoms with Gasteiger partial charge in [-0.3, -0.25) is 0 Å². The van der Waals surface area contributed by atoms with Crippen LogP contribution in [-0.4, -0.2) is 12.8 Å². The summed E-state index contributed by atoms with van der Waals surface area (Å²) in [6.07, 6.45) is 12.2. The molecule has 0 saturated carbocycles. The van der Waals surface area contributed by atoms with Crippen LogP contribution >= 0.6 is 0 Å². The summed E-state index contributed by atoms with van der Waals surface area (Å²) in [6.45, 7) is 2.99. The van der Waals surface area contributed by atoms with Crippen LogP contribution in [0.5, 0.6) is 0 Å². The molecule has 3 nitrogen and oxygen atoms in total. The Morgan fingerprint density at radius 3 is 1.96 bits per heavy atom. The Labute approximate surface area is 141 Å². The Balaban J connectivity index is 1.84. The van der Waals surface area contributed by atoms with Crippen molar-refractivity contribution in [1.82, 2.24) is 0 Å². The highest BCUT2D eigenvalue weighted by molar-refractivity contribution is 5.59. The van der Waals surface area contributed by atoms with Crippen molar-refractivity contribution >= 4 is 6.16 Å². The molecule has 0 aliphatic rings. The van der Waals surface area contributed by atoms with Gasteiger partial charge >= 0.3 is 6.16 Å². The van der Waals surface area contributed by atoms with Gasteiger partial charge < -0.3 is 9.47 Å². The lowest BCUT2D eigenvalue weighted by atomic mass is 10.1. The molecule has 3 heteroatoms. The minimum atomic E-state index is -0.565. The van der Waals surface area contributed by atoms with E-state index in [0.717, 1.165) is 18.4 Å². The van der Waals surface area contributed by atoms with Crippen LogP contribution < -0.4 is 0 Å². The first-order chi connectivity index (χ1) is 11.3. The normalized spacial score (nSPS) is 10.5. The Morgan fingerprint density at radius 1 is 0.783 bits per heavy atom. The molecule has 130 valence electrons. The van der Waals surface area contributed by atoms with Gasteiger partial charge in [0.2, 0.25) is 0 Å². The van der Waals surface area contributed by atoms with E-state index in [1.165, 1.54) is 51.4 Å². The second-order valence-corrected chi connectivity index (χ2v) is 6.05. The standard InChI is InChI=1S/C20H32O3/c1-2-3-4-5-6-7-8-9-10-14-17-22-20(21)23-18-19-15-12-11-13-16-19/h11-13,15-16H,2-10,14,17-18H2,1H3. The number of hydrogen-bond acceptors (Lipinski definition) is 3. The zero-order chi connectivity index (χ0) is 16.6. The topological polar surface area (TPSA) is 35.5 Å². The highest BCUT2D eigenvalue weighted by atomic mass is 16.7. The second kappa shape index (κ2) is 14.1. The van der Waals surface area contributed by atoms with Crippen molar-refractivity contribution < 1.29 is 14.3 Å². The molecule has 0 N–H and O–H groups in total. The van der Waals surface area contributed by atoms with E-state index in [1.807, 2.05) is 30.3 Å². The summed E-state index contributed by atoms with van der Waals surface area (Å²) < 4.78 is 10.1. The lowest BCUT2D eigenvalue weighted by molar-refractivity contribution is 0.0487. The predicted molar refractivity (Wildman–Crippen MR) is 94.4 cm³/mol. The number of hydrogen-bond donors (Lipinski definition) is 0. The van der Waals surface area contributed by atoms with Gasteiger partial charge in [-0.1, -0.05) is 95.0 Å². The van der Waals surface area contributed by atoms with Gasteiger partial charge in [0.15, 0.2) is 0 Å². The fourth-order valence-corrected chi connectivity index (χ4v) is 2.50. The molecule has 23 heavy (non-hydrogen) atoms. The molecule has 0 bridgehead atoms. The van der Waals surface area contributed by atoms with Crippen LogP contribution in [0.4, 0.5) is 4.79 Å². The summed E-state index contributed by atoms with van der Waals surface area (Å²) >= 11 is 0. The summed E-state index contributed by atoms with van der Waals surface area (Å²) in [7, 11) is 0. The first-order valence-electron chi connectivity index (χ1n) is 9.16. The molecule has 0 aliphatic carbocycles. The smallest absolute Gasteiger partial charge is 0.434 e. The molecule has 1 rings (SSSR count). The Kier molecular flexibility index (Phi) is 12.0. The number of carbonyl (C=O) groups excluding carboxylic acids is 1. The van der Waals surface area contributed by atoms with Crippen LogP contribution in [0, 0.1) is 0 Å². The highest BCUT2D eigenvalue weighted by Crippen LogP contribution is 2.10. The van der Waals surface area contributed by atoms with Crippen LogP contribution in [-0.2, 0) is 16.1 Å². The van der Waals surface area contributed by atoms with E-state index >= 15 is 0 Å². The van der Waals surface area contributed by atoms with E-state index in [1.54, 1.807) is 0 Å². The lowest BCUT2D eigenvalue weighted by Crippen LogP contribution is -2.08. The van der Waals surface area contributed by atoms with Crippen molar-refractivity contribution in [2.45, 2.75) is 77.7 Å². The average Bonchev–Trinajstić information content (AvgIpc) is 2.59. The molecule has 0 saturated heterocycles. The van der Waals surface area contributed by atoms with Crippen molar-refractivity contribution in [2.24, 2.45) is 0 Å². The number of carbonyl (C=O) groups is 1. The Bertz CT molecular complexity index is 389. The van der Waals surface area contributed by atoms with E-state index in [0.29, 0.717) is 6.61 Å². The molecule has 0 heterocycles. The maximum Gasteiger partial charge on any atom is 0.508 e. The molecule has 0 aromatic heterocycles. The molecule has 1 aromatic carbocycles. The summed E-state index contributed by atoms with van der Waals surface area (Å²) in [6, 6.07) is 9.64. The number of unbranched alkanes of at least 4 members (excludes halogenated alkanes) is 9. The Morgan fingerprint density at radius 2 is 1.35 bits per heavy atom. The van der Waals surface area contributed by atoms with Crippen LogP contribution in [0.3, 0.4) is 0 Å². The SMILES string of the molecule is CCCCCCCCCCCCOC(=O)OCc1ccccc1. The summed E-state index contributed by atoms with van der Waals surface area (Å²) in [5, 5.41) is 0. The first-order valence-corrected chi connectivity index (χ1v) is 9.16. The molecular weight excluding hydrogens is 288 g/mol. The second-order valence-electron chi connectivity index (χ2n) is 6.05. The van der Waals surface area contributed by atoms with E-state index < -0.39 is 6.16 Å². The number of benzene rings is 1. The molecule has 0 fully saturated rings. The fourth-order valence-electron chi connectivity index (χ4n) is 2.50. The van der Waals surface area contributed by atoms with E-state index in [-0.39, 0.29) is 6.61 Å². The van der Waals surface area contributed by atoms with Crippen LogP contribution in [0.25, 0.3) is 0 Å². The summed E-state index contributed by atoms with van der Waals surface area (Å²) in [4.78, 5) is 11.4. The minimum Gasteiger partial charge on any atom is -0.434 e.